The van der Waals surface area contributed by atoms with E-state index in [4.69, 9.17) is 9.57 Å². The third kappa shape index (κ3) is 5.20. The maximum atomic E-state index is 13.4. The quantitative estimate of drug-likeness (QED) is 0.633. The number of hydroxylamine groups is 2. The monoisotopic (exact) mass is 455 g/mol. The lowest BCUT2D eigenvalue weighted by atomic mass is 9.90. The van der Waals surface area contributed by atoms with Gasteiger partial charge in [0, 0.05) is 12.1 Å². The molecule has 10 heteroatoms. The summed E-state index contributed by atoms with van der Waals surface area (Å²) in [7, 11) is 1.92. The number of nitrogens with zero attached hydrogens (tertiary/aromatic N) is 2. The summed E-state index contributed by atoms with van der Waals surface area (Å²) in [5.41, 5.74) is 1.20. The molecular formula is C21H33N3O6S. The number of carbonyl (C=O) groups is 1. The summed E-state index contributed by atoms with van der Waals surface area (Å²) in [6.07, 6.45) is 1.52. The van der Waals surface area contributed by atoms with Crippen molar-refractivity contribution in [2.45, 2.75) is 68.9 Å². The number of aliphatic carboxylic acids is 1. The Labute approximate surface area is 184 Å². The molecule has 1 aromatic carbocycles. The van der Waals surface area contributed by atoms with E-state index in [-0.39, 0.29) is 16.7 Å². The topological polar surface area (TPSA) is 108 Å². The van der Waals surface area contributed by atoms with E-state index >= 15 is 0 Å². The van der Waals surface area contributed by atoms with E-state index < -0.39 is 28.2 Å². The van der Waals surface area contributed by atoms with Gasteiger partial charge in [-0.15, -0.1) is 0 Å². The molecule has 174 valence electrons. The normalized spacial score (nSPS) is 27.5. The average Bonchev–Trinajstić information content (AvgIpc) is 3.10. The predicted octanol–water partition coefficient (Wildman–Crippen LogP) is 1.53. The van der Waals surface area contributed by atoms with Gasteiger partial charge in [0.2, 0.25) is 6.23 Å². The molecule has 1 saturated carbocycles. The number of nitrogens with one attached hydrogen (secondary N) is 1. The molecule has 0 spiro atoms. The molecule has 1 saturated heterocycles. The van der Waals surface area contributed by atoms with Crippen LogP contribution < -0.4 is 10.1 Å². The lowest BCUT2D eigenvalue weighted by molar-refractivity contribution is -0.204. The van der Waals surface area contributed by atoms with Crippen LogP contribution in [0.15, 0.2) is 17.0 Å². The SMILES string of the molecule is COc1cc(C)c(S(=O)(=O)CC2NC(C(=O)O)ON2C2CCC(N(C)C)CC2)c(C)c1. The largest absolute Gasteiger partial charge is 0.497 e. The van der Waals surface area contributed by atoms with E-state index in [1.165, 1.54) is 7.11 Å². The second kappa shape index (κ2) is 9.41. The highest BCUT2D eigenvalue weighted by Gasteiger charge is 2.44. The highest BCUT2D eigenvalue weighted by molar-refractivity contribution is 7.91. The maximum Gasteiger partial charge on any atom is 0.350 e. The van der Waals surface area contributed by atoms with Gasteiger partial charge in [0.25, 0.3) is 0 Å². The predicted molar refractivity (Wildman–Crippen MR) is 116 cm³/mol. The molecule has 1 aliphatic heterocycles. The van der Waals surface area contributed by atoms with Gasteiger partial charge in [-0.05, 0) is 76.9 Å². The molecule has 31 heavy (non-hydrogen) atoms. The van der Waals surface area contributed by atoms with Gasteiger partial charge < -0.3 is 14.7 Å². The molecular weight excluding hydrogens is 422 g/mol. The van der Waals surface area contributed by atoms with Crippen LogP contribution in [0.5, 0.6) is 5.75 Å². The Balaban J connectivity index is 1.83. The molecule has 0 aromatic heterocycles. The fraction of sp³-hybridized carbons (Fsp3) is 0.667. The zero-order valence-electron chi connectivity index (χ0n) is 18.8. The maximum absolute atomic E-state index is 13.4. The molecule has 1 aliphatic carbocycles. The van der Waals surface area contributed by atoms with E-state index in [0.29, 0.717) is 22.9 Å². The highest BCUT2D eigenvalue weighted by atomic mass is 32.2. The number of sulfone groups is 1. The molecule has 1 heterocycles. The number of hydrogen-bond acceptors (Lipinski definition) is 8. The fourth-order valence-corrected chi connectivity index (χ4v) is 6.62. The van der Waals surface area contributed by atoms with Gasteiger partial charge in [0.05, 0.1) is 17.8 Å². The summed E-state index contributed by atoms with van der Waals surface area (Å²) in [6, 6.07) is 3.82. The van der Waals surface area contributed by atoms with Crippen LogP contribution >= 0.6 is 0 Å². The molecule has 2 aliphatic rings. The Hall–Kier alpha value is -1.72. The van der Waals surface area contributed by atoms with Gasteiger partial charge in [-0.25, -0.2) is 13.2 Å². The summed E-state index contributed by atoms with van der Waals surface area (Å²) in [5.74, 6) is -0.844. The van der Waals surface area contributed by atoms with Crippen LogP contribution in [0.3, 0.4) is 0 Å². The van der Waals surface area contributed by atoms with Crippen LogP contribution in [0.25, 0.3) is 0 Å². The Morgan fingerprint density at radius 2 is 1.81 bits per heavy atom. The minimum Gasteiger partial charge on any atom is -0.497 e. The summed E-state index contributed by atoms with van der Waals surface area (Å²) >= 11 is 0. The first-order valence-electron chi connectivity index (χ1n) is 10.5. The first kappa shape index (κ1) is 23.9. The fourth-order valence-electron chi connectivity index (χ4n) is 4.69. The number of benzene rings is 1. The van der Waals surface area contributed by atoms with Crippen molar-refractivity contribution in [1.29, 1.82) is 0 Å². The van der Waals surface area contributed by atoms with Crippen molar-refractivity contribution in [3.8, 4) is 5.75 Å². The molecule has 2 N–H and O–H groups in total. The molecule has 0 bridgehead atoms. The molecule has 2 fully saturated rings. The van der Waals surface area contributed by atoms with Gasteiger partial charge in [-0.2, -0.15) is 5.06 Å². The number of aryl methyl sites for hydroxylation is 2. The van der Waals surface area contributed by atoms with Crippen molar-refractivity contribution in [3.63, 3.8) is 0 Å². The third-order valence-electron chi connectivity index (χ3n) is 6.22. The van der Waals surface area contributed by atoms with Crippen molar-refractivity contribution < 1.29 is 27.9 Å². The Bertz CT molecular complexity index is 889. The molecule has 0 amide bonds. The van der Waals surface area contributed by atoms with Crippen LogP contribution in [0.2, 0.25) is 0 Å². The Kier molecular flexibility index (Phi) is 7.27. The number of ether oxygens (including phenoxy) is 1. The lowest BCUT2D eigenvalue weighted by Crippen LogP contribution is -2.49. The van der Waals surface area contributed by atoms with E-state index in [2.05, 4.69) is 10.2 Å². The van der Waals surface area contributed by atoms with E-state index in [1.54, 1.807) is 31.0 Å². The van der Waals surface area contributed by atoms with Gasteiger partial charge >= 0.3 is 5.97 Å². The Morgan fingerprint density at radius 3 is 2.29 bits per heavy atom. The number of methoxy groups -OCH3 is 1. The zero-order valence-corrected chi connectivity index (χ0v) is 19.6. The van der Waals surface area contributed by atoms with Crippen molar-refractivity contribution in [2.24, 2.45) is 0 Å². The first-order chi connectivity index (χ1) is 14.5. The van der Waals surface area contributed by atoms with Crippen molar-refractivity contribution in [1.82, 2.24) is 15.3 Å². The van der Waals surface area contributed by atoms with Gasteiger partial charge in [-0.1, -0.05) is 0 Å². The smallest absolute Gasteiger partial charge is 0.350 e. The second-order valence-corrected chi connectivity index (χ2v) is 10.6. The van der Waals surface area contributed by atoms with Crippen LogP contribution in [-0.2, 0) is 19.5 Å². The second-order valence-electron chi connectivity index (χ2n) is 8.66. The number of rotatable bonds is 7. The average molecular weight is 456 g/mol. The molecule has 9 nitrogen and oxygen atoms in total. The van der Waals surface area contributed by atoms with Crippen molar-refractivity contribution in [2.75, 3.05) is 27.0 Å². The molecule has 2 unspecified atom stereocenters. The van der Waals surface area contributed by atoms with Gasteiger partial charge in [0.15, 0.2) is 9.84 Å². The number of hydrogen-bond donors (Lipinski definition) is 2. The lowest BCUT2D eigenvalue weighted by Gasteiger charge is -2.37. The standard InChI is InChI=1S/C21H33N3O6S/c1-13-10-17(29-5)11-14(2)19(13)31(27,28)12-18-22-20(21(25)26)30-24(18)16-8-6-15(7-9-16)23(3)4/h10-11,15-16,18,20,22H,6-9,12H2,1-5H3,(H,25,26). The van der Waals surface area contributed by atoms with Crippen LogP contribution in [-0.4, -0.2) is 80.9 Å². The molecule has 2 atom stereocenters. The number of carboxylic acid groups (broad SMARTS) is 1. The van der Waals surface area contributed by atoms with Crippen molar-refractivity contribution in [3.05, 3.63) is 23.3 Å². The first-order valence-corrected chi connectivity index (χ1v) is 12.2. The zero-order chi connectivity index (χ0) is 22.9. The van der Waals surface area contributed by atoms with Gasteiger partial charge in [-0.3, -0.25) is 10.2 Å². The van der Waals surface area contributed by atoms with E-state index in [9.17, 15) is 18.3 Å². The summed E-state index contributed by atoms with van der Waals surface area (Å²) in [6.45, 7) is 3.47. The summed E-state index contributed by atoms with van der Waals surface area (Å²) < 4.78 is 32.0. The highest BCUT2D eigenvalue weighted by Crippen LogP contribution is 2.32. The van der Waals surface area contributed by atoms with Crippen LogP contribution in [0, 0.1) is 13.8 Å². The van der Waals surface area contributed by atoms with E-state index in [0.717, 1.165) is 25.7 Å². The third-order valence-corrected chi connectivity index (χ3v) is 8.24. The minimum atomic E-state index is -3.72. The molecule has 3 rings (SSSR count). The van der Waals surface area contributed by atoms with Crippen LogP contribution in [0.1, 0.15) is 36.8 Å². The van der Waals surface area contributed by atoms with Gasteiger partial charge in [0.1, 0.15) is 11.9 Å². The van der Waals surface area contributed by atoms with Crippen LogP contribution in [0.4, 0.5) is 0 Å². The minimum absolute atomic E-state index is 0.0358. The summed E-state index contributed by atoms with van der Waals surface area (Å²) in [5, 5.41) is 13.9. The Morgan fingerprint density at radius 1 is 1.23 bits per heavy atom. The van der Waals surface area contributed by atoms with Crippen molar-refractivity contribution >= 4 is 15.8 Å². The summed E-state index contributed by atoms with van der Waals surface area (Å²) in [4.78, 5) is 19.7. The van der Waals surface area contributed by atoms with E-state index in [1.807, 2.05) is 14.1 Å². The number of carboxylic acids is 1. The molecule has 1 aromatic rings. The molecule has 0 radical (unpaired) electrons.